The Balaban J connectivity index is 1.82. The van der Waals surface area contributed by atoms with Gasteiger partial charge in [0, 0.05) is 12.2 Å². The second-order valence-electron chi connectivity index (χ2n) is 6.20. The van der Waals surface area contributed by atoms with Crippen molar-refractivity contribution in [3.05, 3.63) is 27.9 Å². The van der Waals surface area contributed by atoms with Gasteiger partial charge in [-0.25, -0.2) is 4.98 Å². The van der Waals surface area contributed by atoms with Crippen molar-refractivity contribution in [2.75, 3.05) is 5.32 Å². The molecule has 0 aromatic carbocycles. The smallest absolute Gasteiger partial charge is 0.328 e. The monoisotopic (exact) mass is 286 g/mol. The van der Waals surface area contributed by atoms with Crippen molar-refractivity contribution in [3.63, 3.8) is 0 Å². The maximum absolute atomic E-state index is 11.2. The van der Waals surface area contributed by atoms with Gasteiger partial charge in [0.2, 0.25) is 5.82 Å². The van der Waals surface area contributed by atoms with Gasteiger partial charge in [0.15, 0.2) is 0 Å². The molecular formula is C15H18N4O2. The van der Waals surface area contributed by atoms with Crippen LogP contribution in [-0.2, 0) is 0 Å². The number of aromatic nitrogens is 1. The lowest BCUT2D eigenvalue weighted by Crippen LogP contribution is -2.30. The molecule has 6 heteroatoms. The molecular weight excluding hydrogens is 268 g/mol. The minimum Gasteiger partial charge on any atom is -0.362 e. The van der Waals surface area contributed by atoms with E-state index in [9.17, 15) is 10.1 Å². The van der Waals surface area contributed by atoms with Crippen LogP contribution in [0.1, 0.15) is 38.2 Å². The second-order valence-corrected chi connectivity index (χ2v) is 6.20. The second kappa shape index (κ2) is 5.32. The fourth-order valence-corrected chi connectivity index (χ4v) is 4.06. The molecule has 2 aliphatic rings. The summed E-state index contributed by atoms with van der Waals surface area (Å²) in [7, 11) is 0. The van der Waals surface area contributed by atoms with E-state index in [1.165, 1.54) is 37.9 Å². The Kier molecular flexibility index (Phi) is 3.50. The maximum Gasteiger partial charge on any atom is 0.328 e. The summed E-state index contributed by atoms with van der Waals surface area (Å²) in [6.45, 7) is 2.07. The van der Waals surface area contributed by atoms with Gasteiger partial charge in [0.05, 0.1) is 4.92 Å². The molecule has 1 aromatic heterocycles. The lowest BCUT2D eigenvalue weighted by atomic mass is 9.84. The minimum atomic E-state index is -0.526. The van der Waals surface area contributed by atoms with Crippen LogP contribution in [0.2, 0.25) is 0 Å². The molecule has 21 heavy (non-hydrogen) atoms. The standard InChI is InChI=1S/C15H18N4O2/c1-9(13-7-10-2-3-11(13)6-10)18-15-14(19(20)21)12(8-16)4-5-17-15/h4-5,9-11,13H,2-3,6-7H2,1H3,(H,17,18). The van der Waals surface area contributed by atoms with Gasteiger partial charge >= 0.3 is 5.69 Å². The fraction of sp³-hybridized carbons (Fsp3) is 0.600. The molecule has 0 aliphatic heterocycles. The number of rotatable bonds is 4. The average molecular weight is 286 g/mol. The summed E-state index contributed by atoms with van der Waals surface area (Å²) in [5.74, 6) is 2.33. The Hall–Kier alpha value is -2.16. The van der Waals surface area contributed by atoms with Crippen molar-refractivity contribution in [1.29, 1.82) is 5.26 Å². The Bertz CT molecular complexity index is 610. The molecule has 2 fully saturated rings. The summed E-state index contributed by atoms with van der Waals surface area (Å²) in [6, 6.07) is 3.39. The van der Waals surface area contributed by atoms with Gasteiger partial charge < -0.3 is 5.32 Å². The number of pyridine rings is 1. The van der Waals surface area contributed by atoms with Crippen molar-refractivity contribution in [3.8, 4) is 6.07 Å². The van der Waals surface area contributed by atoms with Crippen LogP contribution in [0.4, 0.5) is 11.5 Å². The van der Waals surface area contributed by atoms with Crippen LogP contribution in [0, 0.1) is 39.2 Å². The molecule has 1 N–H and O–H groups in total. The van der Waals surface area contributed by atoms with Gasteiger partial charge in [-0.2, -0.15) is 5.26 Å². The van der Waals surface area contributed by atoms with E-state index in [0.717, 1.165) is 11.8 Å². The topological polar surface area (TPSA) is 91.8 Å². The molecule has 0 spiro atoms. The van der Waals surface area contributed by atoms with E-state index in [4.69, 9.17) is 5.26 Å². The zero-order valence-corrected chi connectivity index (χ0v) is 12.0. The molecule has 4 unspecified atom stereocenters. The summed E-state index contributed by atoms with van der Waals surface area (Å²) in [6.07, 6.45) is 6.54. The highest BCUT2D eigenvalue weighted by Gasteiger charge is 2.42. The van der Waals surface area contributed by atoms with Gasteiger partial charge in [-0.1, -0.05) is 6.42 Å². The highest BCUT2D eigenvalue weighted by molar-refractivity contribution is 5.64. The summed E-state index contributed by atoms with van der Waals surface area (Å²) in [5, 5.41) is 23.4. The Morgan fingerprint density at radius 2 is 2.33 bits per heavy atom. The van der Waals surface area contributed by atoms with E-state index in [2.05, 4.69) is 17.2 Å². The molecule has 3 rings (SSSR count). The average Bonchev–Trinajstić information content (AvgIpc) is 3.09. The molecule has 2 bridgehead atoms. The van der Waals surface area contributed by atoms with E-state index in [0.29, 0.717) is 5.92 Å². The molecule has 1 heterocycles. The van der Waals surface area contributed by atoms with E-state index >= 15 is 0 Å². The van der Waals surface area contributed by atoms with Crippen LogP contribution in [0.3, 0.4) is 0 Å². The van der Waals surface area contributed by atoms with Crippen molar-refractivity contribution >= 4 is 11.5 Å². The first-order valence-electron chi connectivity index (χ1n) is 7.40. The zero-order valence-electron chi connectivity index (χ0n) is 12.0. The quantitative estimate of drug-likeness (QED) is 0.678. The third-order valence-corrected chi connectivity index (χ3v) is 5.03. The van der Waals surface area contributed by atoms with Crippen LogP contribution in [0.25, 0.3) is 0 Å². The predicted molar refractivity (Wildman–Crippen MR) is 77.6 cm³/mol. The van der Waals surface area contributed by atoms with Crippen LogP contribution in [0.5, 0.6) is 0 Å². The third kappa shape index (κ3) is 2.44. The van der Waals surface area contributed by atoms with Crippen molar-refractivity contribution in [2.45, 2.75) is 38.6 Å². The highest BCUT2D eigenvalue weighted by Crippen LogP contribution is 2.50. The Morgan fingerprint density at radius 1 is 1.52 bits per heavy atom. The third-order valence-electron chi connectivity index (χ3n) is 5.03. The van der Waals surface area contributed by atoms with Crippen molar-refractivity contribution in [1.82, 2.24) is 4.98 Å². The lowest BCUT2D eigenvalue weighted by Gasteiger charge is -2.28. The molecule has 4 atom stereocenters. The first-order chi connectivity index (χ1) is 10.1. The fourth-order valence-electron chi connectivity index (χ4n) is 4.06. The van der Waals surface area contributed by atoms with Gasteiger partial charge in [0.1, 0.15) is 11.6 Å². The zero-order chi connectivity index (χ0) is 15.0. The number of nitriles is 1. The predicted octanol–water partition coefficient (Wildman–Crippen LogP) is 3.10. The molecule has 1 aromatic rings. The molecule has 0 radical (unpaired) electrons. The SMILES string of the molecule is CC(Nc1nccc(C#N)c1[N+](=O)[O-])C1CC2CCC1C2. The number of hydrogen-bond donors (Lipinski definition) is 1. The lowest BCUT2D eigenvalue weighted by molar-refractivity contribution is -0.384. The van der Waals surface area contributed by atoms with Crippen LogP contribution < -0.4 is 5.32 Å². The molecule has 0 amide bonds. The van der Waals surface area contributed by atoms with Gasteiger partial charge in [-0.05, 0) is 50.0 Å². The van der Waals surface area contributed by atoms with Crippen LogP contribution in [0.15, 0.2) is 12.3 Å². The number of nitrogens with zero attached hydrogens (tertiary/aromatic N) is 3. The summed E-state index contributed by atoms with van der Waals surface area (Å²) in [5.41, 5.74) is -0.160. The van der Waals surface area contributed by atoms with Crippen LogP contribution >= 0.6 is 0 Å². The Labute approximate surface area is 123 Å². The highest BCUT2D eigenvalue weighted by atomic mass is 16.6. The van der Waals surface area contributed by atoms with Gasteiger partial charge in [-0.15, -0.1) is 0 Å². The van der Waals surface area contributed by atoms with E-state index < -0.39 is 4.92 Å². The number of anilines is 1. The maximum atomic E-state index is 11.2. The molecule has 6 nitrogen and oxygen atoms in total. The number of fused-ring (bicyclic) bond motifs is 2. The molecule has 110 valence electrons. The van der Waals surface area contributed by atoms with E-state index in [1.807, 2.05) is 6.07 Å². The number of nitrogens with one attached hydrogen (secondary N) is 1. The van der Waals surface area contributed by atoms with Gasteiger partial charge in [-0.3, -0.25) is 10.1 Å². The summed E-state index contributed by atoms with van der Waals surface area (Å²) >= 11 is 0. The van der Waals surface area contributed by atoms with Gasteiger partial charge in [0.25, 0.3) is 0 Å². The summed E-state index contributed by atoms with van der Waals surface area (Å²) in [4.78, 5) is 14.8. The first-order valence-corrected chi connectivity index (χ1v) is 7.40. The Morgan fingerprint density at radius 3 is 2.90 bits per heavy atom. The minimum absolute atomic E-state index is 0.0534. The summed E-state index contributed by atoms with van der Waals surface area (Å²) < 4.78 is 0. The van der Waals surface area contributed by atoms with Crippen molar-refractivity contribution in [2.24, 2.45) is 17.8 Å². The van der Waals surface area contributed by atoms with E-state index in [-0.39, 0.29) is 23.1 Å². The molecule has 2 aliphatic carbocycles. The largest absolute Gasteiger partial charge is 0.362 e. The van der Waals surface area contributed by atoms with E-state index in [1.54, 1.807) is 0 Å². The first kappa shape index (κ1) is 13.8. The van der Waals surface area contributed by atoms with Crippen molar-refractivity contribution < 1.29 is 4.92 Å². The molecule has 0 saturated heterocycles. The molecule has 2 saturated carbocycles. The van der Waals surface area contributed by atoms with Crippen LogP contribution in [-0.4, -0.2) is 15.9 Å². The number of nitro groups is 1. The number of hydrogen-bond acceptors (Lipinski definition) is 5. The normalized spacial score (nSPS) is 28.1.